The van der Waals surface area contributed by atoms with Crippen molar-refractivity contribution < 1.29 is 4.79 Å². The van der Waals surface area contributed by atoms with Crippen molar-refractivity contribution in [3.63, 3.8) is 0 Å². The number of H-pyrrole nitrogens is 1. The minimum Gasteiger partial charge on any atom is -0.395 e. The van der Waals surface area contributed by atoms with Gasteiger partial charge >= 0.3 is 0 Å². The van der Waals surface area contributed by atoms with Gasteiger partial charge in [-0.25, -0.2) is 0 Å². The molecule has 0 aliphatic carbocycles. The molecular weight excluding hydrogens is 228 g/mol. The Bertz CT molecular complexity index is 547. The minimum absolute atomic E-state index is 0.213. The average Bonchev–Trinajstić information content (AvgIpc) is 2.79. The second-order valence-electron chi connectivity index (χ2n) is 4.02. The molecule has 0 aliphatic rings. The van der Waals surface area contributed by atoms with Gasteiger partial charge in [-0.15, -0.1) is 0 Å². The first-order chi connectivity index (χ1) is 8.65. The number of aromatic amines is 1. The van der Waals surface area contributed by atoms with E-state index in [0.29, 0.717) is 5.69 Å². The van der Waals surface area contributed by atoms with Crippen LogP contribution in [0, 0.1) is 0 Å². The molecule has 2 rings (SSSR count). The SMILES string of the molecule is CCc1[nH]nc(C(=O)N(C)c2ccccc2)c1N. The Morgan fingerprint density at radius 2 is 2.06 bits per heavy atom. The number of rotatable bonds is 3. The van der Waals surface area contributed by atoms with Crippen molar-refractivity contribution in [3.8, 4) is 0 Å². The third-order valence-corrected chi connectivity index (χ3v) is 2.89. The van der Waals surface area contributed by atoms with Crippen LogP contribution in [0.2, 0.25) is 0 Å². The number of aromatic nitrogens is 2. The zero-order chi connectivity index (χ0) is 13.1. The van der Waals surface area contributed by atoms with Crippen molar-refractivity contribution in [1.82, 2.24) is 10.2 Å². The zero-order valence-corrected chi connectivity index (χ0v) is 10.5. The van der Waals surface area contributed by atoms with Crippen molar-refractivity contribution in [1.29, 1.82) is 0 Å². The van der Waals surface area contributed by atoms with Crippen LogP contribution in [0.25, 0.3) is 0 Å². The summed E-state index contributed by atoms with van der Waals surface area (Å²) in [5, 5.41) is 6.78. The summed E-state index contributed by atoms with van der Waals surface area (Å²) >= 11 is 0. The Labute approximate surface area is 106 Å². The largest absolute Gasteiger partial charge is 0.395 e. The van der Waals surface area contributed by atoms with Gasteiger partial charge in [0, 0.05) is 12.7 Å². The highest BCUT2D eigenvalue weighted by Gasteiger charge is 2.20. The van der Waals surface area contributed by atoms with Crippen LogP contribution in [0.4, 0.5) is 11.4 Å². The van der Waals surface area contributed by atoms with E-state index in [1.54, 1.807) is 7.05 Å². The summed E-state index contributed by atoms with van der Waals surface area (Å²) in [6.45, 7) is 1.96. The molecule has 0 unspecified atom stereocenters. The summed E-state index contributed by atoms with van der Waals surface area (Å²) in [7, 11) is 1.71. The van der Waals surface area contributed by atoms with Gasteiger partial charge in [-0.2, -0.15) is 5.10 Å². The van der Waals surface area contributed by atoms with Crippen molar-refractivity contribution in [2.24, 2.45) is 0 Å². The molecule has 0 radical (unpaired) electrons. The zero-order valence-electron chi connectivity index (χ0n) is 10.5. The molecule has 0 bridgehead atoms. The number of carbonyl (C=O) groups excluding carboxylic acids is 1. The fraction of sp³-hybridized carbons (Fsp3) is 0.231. The van der Waals surface area contributed by atoms with Gasteiger partial charge in [0.1, 0.15) is 0 Å². The van der Waals surface area contributed by atoms with Gasteiger partial charge in [0.2, 0.25) is 0 Å². The summed E-state index contributed by atoms with van der Waals surface area (Å²) in [4.78, 5) is 13.8. The van der Waals surface area contributed by atoms with Crippen LogP contribution in [-0.2, 0) is 6.42 Å². The average molecular weight is 244 g/mol. The van der Waals surface area contributed by atoms with Crippen molar-refractivity contribution in [3.05, 3.63) is 41.7 Å². The first kappa shape index (κ1) is 12.2. The number of hydrogen-bond donors (Lipinski definition) is 2. The lowest BCUT2D eigenvalue weighted by Crippen LogP contribution is -2.27. The molecule has 0 atom stereocenters. The van der Waals surface area contributed by atoms with Crippen LogP contribution in [0.1, 0.15) is 23.1 Å². The van der Waals surface area contributed by atoms with Gasteiger partial charge < -0.3 is 10.6 Å². The molecule has 94 valence electrons. The van der Waals surface area contributed by atoms with Gasteiger partial charge in [-0.1, -0.05) is 25.1 Å². The lowest BCUT2D eigenvalue weighted by atomic mass is 10.2. The van der Waals surface area contributed by atoms with E-state index in [0.717, 1.165) is 17.8 Å². The molecule has 1 aromatic heterocycles. The molecule has 2 aromatic rings. The minimum atomic E-state index is -0.213. The van der Waals surface area contributed by atoms with Crippen LogP contribution in [0.15, 0.2) is 30.3 Å². The Morgan fingerprint density at radius 1 is 1.39 bits per heavy atom. The summed E-state index contributed by atoms with van der Waals surface area (Å²) in [5.41, 5.74) is 8.20. The number of hydrogen-bond acceptors (Lipinski definition) is 3. The van der Waals surface area contributed by atoms with Gasteiger partial charge in [0.15, 0.2) is 5.69 Å². The number of amides is 1. The van der Waals surface area contributed by atoms with Gasteiger partial charge in [0.05, 0.1) is 11.4 Å². The summed E-state index contributed by atoms with van der Waals surface area (Å²) < 4.78 is 0. The molecule has 5 heteroatoms. The predicted molar refractivity (Wildman–Crippen MR) is 71.6 cm³/mol. The number of benzene rings is 1. The van der Waals surface area contributed by atoms with E-state index in [9.17, 15) is 4.79 Å². The van der Waals surface area contributed by atoms with E-state index in [4.69, 9.17) is 5.73 Å². The first-order valence-electron chi connectivity index (χ1n) is 5.81. The number of nitrogens with one attached hydrogen (secondary N) is 1. The maximum atomic E-state index is 12.3. The number of anilines is 2. The van der Waals surface area contributed by atoms with Crippen molar-refractivity contribution in [2.75, 3.05) is 17.7 Å². The Morgan fingerprint density at radius 3 is 2.61 bits per heavy atom. The van der Waals surface area contributed by atoms with Crippen LogP contribution < -0.4 is 10.6 Å². The van der Waals surface area contributed by atoms with Crippen molar-refractivity contribution >= 4 is 17.3 Å². The third-order valence-electron chi connectivity index (χ3n) is 2.89. The number of nitrogen functional groups attached to an aromatic ring is 1. The first-order valence-corrected chi connectivity index (χ1v) is 5.81. The van der Waals surface area contributed by atoms with Gasteiger partial charge in [-0.3, -0.25) is 9.89 Å². The van der Waals surface area contributed by atoms with E-state index >= 15 is 0 Å². The lowest BCUT2D eigenvalue weighted by Gasteiger charge is -2.16. The highest BCUT2D eigenvalue weighted by atomic mass is 16.2. The van der Waals surface area contributed by atoms with E-state index in [1.807, 2.05) is 37.3 Å². The highest BCUT2D eigenvalue weighted by molar-refractivity contribution is 6.07. The van der Waals surface area contributed by atoms with Gasteiger partial charge in [-0.05, 0) is 18.6 Å². The van der Waals surface area contributed by atoms with Crippen molar-refractivity contribution in [2.45, 2.75) is 13.3 Å². The molecule has 0 saturated heterocycles. The monoisotopic (exact) mass is 244 g/mol. The smallest absolute Gasteiger partial charge is 0.280 e. The molecule has 18 heavy (non-hydrogen) atoms. The standard InChI is InChI=1S/C13H16N4O/c1-3-10-11(14)12(16-15-10)13(18)17(2)9-7-5-4-6-8-9/h4-8H,3,14H2,1-2H3,(H,15,16). The number of carbonyl (C=O) groups is 1. The Hall–Kier alpha value is -2.30. The summed E-state index contributed by atoms with van der Waals surface area (Å²) in [5.74, 6) is -0.213. The maximum absolute atomic E-state index is 12.3. The summed E-state index contributed by atoms with van der Waals surface area (Å²) in [6, 6.07) is 9.39. The quantitative estimate of drug-likeness (QED) is 0.865. The molecule has 0 aliphatic heterocycles. The number of para-hydroxylation sites is 1. The normalized spacial score (nSPS) is 10.3. The molecule has 0 fully saturated rings. The molecule has 1 amide bonds. The molecule has 0 spiro atoms. The molecule has 0 saturated carbocycles. The molecule has 5 nitrogen and oxygen atoms in total. The Balaban J connectivity index is 2.29. The van der Waals surface area contributed by atoms with E-state index in [2.05, 4.69) is 10.2 Å². The second-order valence-corrected chi connectivity index (χ2v) is 4.02. The summed E-state index contributed by atoms with van der Waals surface area (Å²) in [6.07, 6.45) is 0.723. The second kappa shape index (κ2) is 4.91. The van der Waals surface area contributed by atoms with Gasteiger partial charge in [0.25, 0.3) is 5.91 Å². The highest BCUT2D eigenvalue weighted by Crippen LogP contribution is 2.19. The van der Waals surface area contributed by atoms with E-state index < -0.39 is 0 Å². The molecule has 1 heterocycles. The molecule has 1 aromatic carbocycles. The number of nitrogens with two attached hydrogens (primary N) is 1. The number of aryl methyl sites for hydroxylation is 1. The maximum Gasteiger partial charge on any atom is 0.280 e. The number of nitrogens with zero attached hydrogens (tertiary/aromatic N) is 2. The van der Waals surface area contributed by atoms with Crippen LogP contribution >= 0.6 is 0 Å². The molecule has 3 N–H and O–H groups in total. The fourth-order valence-corrected chi connectivity index (χ4v) is 1.75. The lowest BCUT2D eigenvalue weighted by molar-refractivity contribution is 0.0989. The van der Waals surface area contributed by atoms with E-state index in [1.165, 1.54) is 4.90 Å². The molecular formula is C13H16N4O. The third kappa shape index (κ3) is 2.07. The topological polar surface area (TPSA) is 75.0 Å². The van der Waals surface area contributed by atoms with E-state index in [-0.39, 0.29) is 11.6 Å². The Kier molecular flexibility index (Phi) is 3.32. The van der Waals surface area contributed by atoms with Crippen LogP contribution in [0.3, 0.4) is 0 Å². The predicted octanol–water partition coefficient (Wildman–Crippen LogP) is 1.83. The fourth-order valence-electron chi connectivity index (χ4n) is 1.75. The van der Waals surface area contributed by atoms with Crippen LogP contribution in [-0.4, -0.2) is 23.2 Å². The van der Waals surface area contributed by atoms with Crippen LogP contribution in [0.5, 0.6) is 0 Å².